The number of carbonyl (C=O) groups is 2. The Morgan fingerprint density at radius 2 is 1.93 bits per heavy atom. The van der Waals surface area contributed by atoms with Crippen molar-refractivity contribution in [3.63, 3.8) is 0 Å². The first-order chi connectivity index (χ1) is 6.91. The molecule has 1 rings (SSSR count). The third-order valence-corrected chi connectivity index (χ3v) is 2.79. The largest absolute Gasteiger partial charge is 0.346 e. The third kappa shape index (κ3) is 3.65. The molecule has 0 spiro atoms. The number of hydrogen-bond donors (Lipinski definition) is 1. The van der Waals surface area contributed by atoms with Crippen LogP contribution in [0.3, 0.4) is 0 Å². The number of hydrogen-bond acceptors (Lipinski definition) is 2. The van der Waals surface area contributed by atoms with Crippen molar-refractivity contribution in [1.29, 1.82) is 0 Å². The molecule has 0 aliphatic heterocycles. The highest BCUT2D eigenvalue weighted by atomic mass is 16.2. The SMILES string of the molecule is CC(C)(C)C(=O)NC1CCCCCC1=O. The van der Waals surface area contributed by atoms with Crippen molar-refractivity contribution in [2.75, 3.05) is 0 Å². The van der Waals surface area contributed by atoms with Crippen LogP contribution in [0.2, 0.25) is 0 Å². The van der Waals surface area contributed by atoms with E-state index in [4.69, 9.17) is 0 Å². The Morgan fingerprint density at radius 3 is 2.53 bits per heavy atom. The van der Waals surface area contributed by atoms with Gasteiger partial charge in [0.15, 0.2) is 5.78 Å². The summed E-state index contributed by atoms with van der Waals surface area (Å²) in [6.45, 7) is 5.59. The van der Waals surface area contributed by atoms with Crippen LogP contribution in [0.25, 0.3) is 0 Å². The second-order valence-corrected chi connectivity index (χ2v) is 5.34. The molecular weight excluding hydrogens is 190 g/mol. The minimum absolute atomic E-state index is 0.0252. The first-order valence-electron chi connectivity index (χ1n) is 5.75. The highest BCUT2D eigenvalue weighted by molar-refractivity contribution is 5.90. The molecule has 3 heteroatoms. The van der Waals surface area contributed by atoms with E-state index in [1.54, 1.807) is 0 Å². The topological polar surface area (TPSA) is 46.2 Å². The zero-order valence-corrected chi connectivity index (χ0v) is 9.93. The lowest BCUT2D eigenvalue weighted by molar-refractivity contribution is -0.132. The number of carbonyl (C=O) groups excluding carboxylic acids is 2. The van der Waals surface area contributed by atoms with Crippen LogP contribution in [0.1, 0.15) is 52.9 Å². The predicted molar refractivity (Wildman–Crippen MR) is 59.5 cm³/mol. The highest BCUT2D eigenvalue weighted by Gasteiger charge is 2.27. The summed E-state index contributed by atoms with van der Waals surface area (Å²) >= 11 is 0. The first-order valence-corrected chi connectivity index (χ1v) is 5.75. The number of nitrogens with one attached hydrogen (secondary N) is 1. The van der Waals surface area contributed by atoms with Crippen LogP contribution >= 0.6 is 0 Å². The van der Waals surface area contributed by atoms with Crippen molar-refractivity contribution in [2.45, 2.75) is 58.9 Å². The quantitative estimate of drug-likeness (QED) is 0.675. The summed E-state index contributed by atoms with van der Waals surface area (Å²) in [5.41, 5.74) is -0.410. The zero-order valence-electron chi connectivity index (χ0n) is 9.93. The van der Waals surface area contributed by atoms with Crippen LogP contribution in [0, 0.1) is 5.41 Å². The van der Waals surface area contributed by atoms with Gasteiger partial charge in [0.1, 0.15) is 0 Å². The van der Waals surface area contributed by atoms with Crippen molar-refractivity contribution < 1.29 is 9.59 Å². The van der Waals surface area contributed by atoms with E-state index < -0.39 is 5.41 Å². The summed E-state index contributed by atoms with van der Waals surface area (Å²) in [4.78, 5) is 23.4. The number of Topliss-reactive ketones (excluding diaryl/α,β-unsaturated/α-hetero) is 1. The molecule has 0 heterocycles. The molecule has 3 nitrogen and oxygen atoms in total. The Bertz CT molecular complexity index is 253. The van der Waals surface area contributed by atoms with Crippen molar-refractivity contribution in [1.82, 2.24) is 5.32 Å². The fraction of sp³-hybridized carbons (Fsp3) is 0.833. The first kappa shape index (κ1) is 12.2. The maximum absolute atomic E-state index is 11.7. The fourth-order valence-electron chi connectivity index (χ4n) is 1.69. The van der Waals surface area contributed by atoms with Gasteiger partial charge >= 0.3 is 0 Å². The van der Waals surface area contributed by atoms with E-state index in [0.717, 1.165) is 25.7 Å². The maximum Gasteiger partial charge on any atom is 0.225 e. The van der Waals surface area contributed by atoms with Crippen LogP contribution in [0.4, 0.5) is 0 Å². The van der Waals surface area contributed by atoms with Crippen molar-refractivity contribution in [2.24, 2.45) is 5.41 Å². The minimum Gasteiger partial charge on any atom is -0.346 e. The summed E-state index contributed by atoms with van der Waals surface area (Å²) in [6, 6.07) is -0.237. The van der Waals surface area contributed by atoms with Crippen LogP contribution in [0.15, 0.2) is 0 Å². The average Bonchev–Trinajstić information content (AvgIpc) is 2.30. The molecule has 0 aromatic heterocycles. The zero-order chi connectivity index (χ0) is 11.5. The smallest absolute Gasteiger partial charge is 0.225 e. The molecule has 1 atom stereocenters. The van der Waals surface area contributed by atoms with Crippen LogP contribution < -0.4 is 5.32 Å². The molecule has 0 radical (unpaired) electrons. The molecule has 0 bridgehead atoms. The summed E-state index contributed by atoms with van der Waals surface area (Å²) in [5, 5.41) is 2.86. The van der Waals surface area contributed by atoms with Crippen LogP contribution in [-0.2, 0) is 9.59 Å². The van der Waals surface area contributed by atoms with E-state index in [2.05, 4.69) is 5.32 Å². The second kappa shape index (κ2) is 4.77. The van der Waals surface area contributed by atoms with Gasteiger partial charge in [-0.15, -0.1) is 0 Å². The van der Waals surface area contributed by atoms with Gasteiger partial charge in [0, 0.05) is 11.8 Å². The minimum atomic E-state index is -0.410. The Balaban J connectivity index is 2.56. The van der Waals surface area contributed by atoms with E-state index >= 15 is 0 Å². The van der Waals surface area contributed by atoms with Crippen molar-refractivity contribution in [3.05, 3.63) is 0 Å². The monoisotopic (exact) mass is 211 g/mol. The summed E-state index contributed by atoms with van der Waals surface area (Å²) in [5.74, 6) is 0.174. The Hall–Kier alpha value is -0.860. The standard InChI is InChI=1S/C12H21NO2/c1-12(2,3)11(15)13-9-7-5-4-6-8-10(9)14/h9H,4-8H2,1-3H3,(H,13,15). The molecule has 86 valence electrons. The number of amides is 1. The lowest BCUT2D eigenvalue weighted by Gasteiger charge is -2.22. The van der Waals surface area contributed by atoms with E-state index in [1.165, 1.54) is 0 Å². The molecular formula is C12H21NO2. The fourth-order valence-corrected chi connectivity index (χ4v) is 1.69. The Kier molecular flexibility index (Phi) is 3.89. The van der Waals surface area contributed by atoms with Crippen molar-refractivity contribution >= 4 is 11.7 Å². The summed E-state index contributed by atoms with van der Waals surface area (Å²) < 4.78 is 0. The van der Waals surface area contributed by atoms with Gasteiger partial charge in [-0.3, -0.25) is 9.59 Å². The predicted octanol–water partition coefficient (Wildman–Crippen LogP) is 2.05. The van der Waals surface area contributed by atoms with Gasteiger partial charge in [-0.1, -0.05) is 33.6 Å². The summed E-state index contributed by atoms with van der Waals surface area (Å²) in [7, 11) is 0. The van der Waals surface area contributed by atoms with Gasteiger partial charge in [0.2, 0.25) is 5.91 Å². The van der Waals surface area contributed by atoms with Crippen molar-refractivity contribution in [3.8, 4) is 0 Å². The highest BCUT2D eigenvalue weighted by Crippen LogP contribution is 2.18. The third-order valence-electron chi connectivity index (χ3n) is 2.79. The van der Waals surface area contributed by atoms with E-state index in [1.807, 2.05) is 20.8 Å². The lowest BCUT2D eigenvalue weighted by Crippen LogP contribution is -2.45. The Morgan fingerprint density at radius 1 is 1.27 bits per heavy atom. The second-order valence-electron chi connectivity index (χ2n) is 5.34. The average molecular weight is 211 g/mol. The maximum atomic E-state index is 11.7. The molecule has 1 unspecified atom stereocenters. The van der Waals surface area contributed by atoms with Gasteiger partial charge in [-0.2, -0.15) is 0 Å². The molecule has 1 aliphatic carbocycles. The van der Waals surface area contributed by atoms with E-state index in [-0.39, 0.29) is 17.7 Å². The van der Waals surface area contributed by atoms with Gasteiger partial charge in [0.25, 0.3) is 0 Å². The molecule has 0 aromatic rings. The molecule has 1 N–H and O–H groups in total. The van der Waals surface area contributed by atoms with Gasteiger partial charge < -0.3 is 5.32 Å². The van der Waals surface area contributed by atoms with Crippen LogP contribution in [0.5, 0.6) is 0 Å². The molecule has 1 aliphatic rings. The number of rotatable bonds is 1. The molecule has 0 saturated heterocycles. The molecule has 15 heavy (non-hydrogen) atoms. The summed E-state index contributed by atoms with van der Waals surface area (Å²) in [6.07, 6.45) is 4.55. The normalized spacial score (nSPS) is 23.4. The molecule has 1 fully saturated rings. The van der Waals surface area contributed by atoms with Crippen LogP contribution in [-0.4, -0.2) is 17.7 Å². The van der Waals surface area contributed by atoms with Gasteiger partial charge in [-0.05, 0) is 12.8 Å². The van der Waals surface area contributed by atoms with E-state index in [9.17, 15) is 9.59 Å². The Labute approximate surface area is 91.6 Å². The van der Waals surface area contributed by atoms with Gasteiger partial charge in [0.05, 0.1) is 6.04 Å². The molecule has 0 aromatic carbocycles. The van der Waals surface area contributed by atoms with E-state index in [0.29, 0.717) is 6.42 Å². The lowest BCUT2D eigenvalue weighted by atomic mass is 9.94. The van der Waals surface area contributed by atoms with Gasteiger partial charge in [-0.25, -0.2) is 0 Å². The number of ketones is 1. The molecule has 1 amide bonds. The molecule has 1 saturated carbocycles.